The fraction of sp³-hybridized carbons (Fsp3) is 0.0370. The molecule has 1 aliphatic heterocycles. The molecule has 1 amide bonds. The largest absolute Gasteiger partial charge is 0.488 e. The van der Waals surface area contributed by atoms with Crippen molar-refractivity contribution < 1.29 is 18.7 Å². The highest BCUT2D eigenvalue weighted by molar-refractivity contribution is 6.12. The van der Waals surface area contributed by atoms with Crippen molar-refractivity contribution in [2.24, 2.45) is 0 Å². The minimum absolute atomic E-state index is 0.0606. The molecule has 5 rings (SSSR count). The molecule has 1 aliphatic rings. The van der Waals surface area contributed by atoms with Gasteiger partial charge >= 0.3 is 0 Å². The minimum Gasteiger partial charge on any atom is -0.488 e. The van der Waals surface area contributed by atoms with E-state index < -0.39 is 11.7 Å². The van der Waals surface area contributed by atoms with Crippen LogP contribution in [0.15, 0.2) is 91.0 Å². The van der Waals surface area contributed by atoms with Crippen molar-refractivity contribution in [3.63, 3.8) is 0 Å². The average Bonchev–Trinajstić information content (AvgIpc) is 2.98. The molecule has 0 fully saturated rings. The predicted molar refractivity (Wildman–Crippen MR) is 125 cm³/mol. The molecule has 6 heteroatoms. The van der Waals surface area contributed by atoms with Crippen molar-refractivity contribution in [3.8, 4) is 5.75 Å². The van der Waals surface area contributed by atoms with Crippen LogP contribution in [0, 0.1) is 5.82 Å². The number of benzene rings is 4. The molecule has 4 aromatic rings. The number of rotatable bonds is 4. The lowest BCUT2D eigenvalue weighted by atomic mass is 9.99. The van der Waals surface area contributed by atoms with Crippen LogP contribution in [0.2, 0.25) is 0 Å². The summed E-state index contributed by atoms with van der Waals surface area (Å²) in [6.07, 6.45) is 0. The summed E-state index contributed by atoms with van der Waals surface area (Å²) >= 11 is 0. The Bertz CT molecular complexity index is 1370. The van der Waals surface area contributed by atoms with Crippen molar-refractivity contribution >= 4 is 28.8 Å². The summed E-state index contributed by atoms with van der Waals surface area (Å²) in [4.78, 5) is 25.3. The van der Waals surface area contributed by atoms with Crippen LogP contribution in [0.1, 0.15) is 31.8 Å². The van der Waals surface area contributed by atoms with E-state index in [2.05, 4.69) is 10.6 Å². The molecule has 0 spiro atoms. The quantitative estimate of drug-likeness (QED) is 0.414. The van der Waals surface area contributed by atoms with Gasteiger partial charge in [0.15, 0.2) is 5.78 Å². The number of nitrogens with one attached hydrogen (secondary N) is 2. The second-order valence-corrected chi connectivity index (χ2v) is 7.63. The van der Waals surface area contributed by atoms with Gasteiger partial charge in [-0.2, -0.15) is 0 Å². The summed E-state index contributed by atoms with van der Waals surface area (Å²) in [6.45, 7) is 0.296. The van der Waals surface area contributed by atoms with E-state index in [0.717, 1.165) is 5.56 Å². The molecule has 0 atom stereocenters. The molecule has 0 saturated heterocycles. The van der Waals surface area contributed by atoms with Crippen molar-refractivity contribution in [2.45, 2.75) is 6.61 Å². The zero-order chi connectivity index (χ0) is 22.8. The van der Waals surface area contributed by atoms with Crippen molar-refractivity contribution in [3.05, 3.63) is 119 Å². The number of carbonyl (C=O) groups is 2. The first-order chi connectivity index (χ1) is 16.1. The molecule has 33 heavy (non-hydrogen) atoms. The number of ketones is 1. The first-order valence-corrected chi connectivity index (χ1v) is 10.4. The second-order valence-electron chi connectivity index (χ2n) is 7.63. The summed E-state index contributed by atoms with van der Waals surface area (Å²) in [5.74, 6) is -0.556. The summed E-state index contributed by atoms with van der Waals surface area (Å²) in [5.41, 5.74) is 3.69. The Morgan fingerprint density at radius 3 is 2.39 bits per heavy atom. The van der Waals surface area contributed by atoms with Gasteiger partial charge in [-0.15, -0.1) is 0 Å². The predicted octanol–water partition coefficient (Wildman–Crippen LogP) is 5.95. The molecule has 0 radical (unpaired) electrons. The molecule has 162 valence electrons. The highest BCUT2D eigenvalue weighted by Gasteiger charge is 2.22. The van der Waals surface area contributed by atoms with Gasteiger partial charge in [0.1, 0.15) is 18.2 Å². The van der Waals surface area contributed by atoms with Gasteiger partial charge < -0.3 is 15.4 Å². The number of hydrogen-bond donors (Lipinski definition) is 2. The molecule has 0 aliphatic carbocycles. The zero-order valence-electron chi connectivity index (χ0n) is 17.5. The van der Waals surface area contributed by atoms with Crippen molar-refractivity contribution in [1.82, 2.24) is 0 Å². The highest BCUT2D eigenvalue weighted by Crippen LogP contribution is 2.32. The van der Waals surface area contributed by atoms with Crippen molar-refractivity contribution in [1.29, 1.82) is 0 Å². The Hall–Kier alpha value is -4.45. The van der Waals surface area contributed by atoms with Crippen LogP contribution in [0.5, 0.6) is 5.75 Å². The lowest BCUT2D eigenvalue weighted by molar-refractivity contribution is 0.102. The average molecular weight is 438 g/mol. The summed E-state index contributed by atoms with van der Waals surface area (Å²) < 4.78 is 20.2. The lowest BCUT2D eigenvalue weighted by Gasteiger charge is -2.13. The van der Waals surface area contributed by atoms with Gasteiger partial charge in [0.05, 0.1) is 11.3 Å². The van der Waals surface area contributed by atoms with E-state index in [-0.39, 0.29) is 11.5 Å². The minimum atomic E-state index is -0.543. The monoisotopic (exact) mass is 438 g/mol. The molecule has 0 aromatic heterocycles. The molecule has 1 heterocycles. The van der Waals surface area contributed by atoms with Gasteiger partial charge in [0, 0.05) is 34.1 Å². The number of halogens is 1. The summed E-state index contributed by atoms with van der Waals surface area (Å²) in [5, 5.41) is 5.79. The first kappa shape index (κ1) is 20.5. The van der Waals surface area contributed by atoms with Crippen LogP contribution >= 0.6 is 0 Å². The van der Waals surface area contributed by atoms with E-state index in [4.69, 9.17) is 4.74 Å². The van der Waals surface area contributed by atoms with Gasteiger partial charge in [-0.25, -0.2) is 4.39 Å². The molecule has 0 bridgehead atoms. The number of amides is 1. The Kier molecular flexibility index (Phi) is 5.32. The number of anilines is 3. The highest BCUT2D eigenvalue weighted by atomic mass is 19.1. The van der Waals surface area contributed by atoms with E-state index >= 15 is 0 Å². The van der Waals surface area contributed by atoms with Crippen LogP contribution in [-0.2, 0) is 6.61 Å². The number of hydrogen-bond acceptors (Lipinski definition) is 4. The maximum Gasteiger partial charge on any atom is 0.255 e. The topological polar surface area (TPSA) is 67.4 Å². The number of fused-ring (bicyclic) bond motifs is 2. The van der Waals surface area contributed by atoms with E-state index in [1.165, 1.54) is 12.1 Å². The van der Waals surface area contributed by atoms with Crippen LogP contribution in [0.4, 0.5) is 21.5 Å². The van der Waals surface area contributed by atoms with Gasteiger partial charge in [0.2, 0.25) is 0 Å². The number of ether oxygens (including phenoxy) is 1. The van der Waals surface area contributed by atoms with Crippen LogP contribution in [0.3, 0.4) is 0 Å². The fourth-order valence-electron chi connectivity index (χ4n) is 3.72. The van der Waals surface area contributed by atoms with E-state index in [1.54, 1.807) is 60.7 Å². The molecule has 5 nitrogen and oxygen atoms in total. The Morgan fingerprint density at radius 1 is 0.818 bits per heavy atom. The molecular weight excluding hydrogens is 419 g/mol. The maximum absolute atomic E-state index is 14.3. The van der Waals surface area contributed by atoms with Crippen molar-refractivity contribution in [2.75, 3.05) is 10.6 Å². The third-order valence-electron chi connectivity index (χ3n) is 5.41. The Labute approximate surface area is 189 Å². The number of carbonyl (C=O) groups excluding carboxylic acids is 2. The third kappa shape index (κ3) is 4.19. The zero-order valence-corrected chi connectivity index (χ0v) is 17.5. The lowest BCUT2D eigenvalue weighted by Crippen LogP contribution is -2.13. The van der Waals surface area contributed by atoms with Gasteiger partial charge in [-0.1, -0.05) is 42.5 Å². The fourth-order valence-corrected chi connectivity index (χ4v) is 3.72. The van der Waals surface area contributed by atoms with Gasteiger partial charge in [-0.05, 0) is 42.5 Å². The van der Waals surface area contributed by atoms with E-state index in [1.807, 2.05) is 18.2 Å². The third-order valence-corrected chi connectivity index (χ3v) is 5.41. The smallest absolute Gasteiger partial charge is 0.255 e. The normalized spacial score (nSPS) is 12.1. The molecule has 4 aromatic carbocycles. The molecule has 0 unspecified atom stereocenters. The standard InChI is InChI=1S/C27H19FN2O3/c28-23-13-11-19(14-24(23)30-27(32)17-6-2-1-3-7-17)29-20-10-12-22-25(15-20)33-16-18-8-4-5-9-21(18)26(22)31/h1-15,29H,16H2,(H,30,32). The van der Waals surface area contributed by atoms with Gasteiger partial charge in [-0.3, -0.25) is 9.59 Å². The van der Waals surface area contributed by atoms with E-state index in [0.29, 0.717) is 40.4 Å². The van der Waals surface area contributed by atoms with Crippen LogP contribution < -0.4 is 15.4 Å². The van der Waals surface area contributed by atoms with Crippen LogP contribution in [0.25, 0.3) is 0 Å². The Balaban J connectivity index is 1.38. The first-order valence-electron chi connectivity index (χ1n) is 10.4. The molecular formula is C27H19FN2O3. The maximum atomic E-state index is 14.3. The summed E-state index contributed by atoms with van der Waals surface area (Å²) in [7, 11) is 0. The second kappa shape index (κ2) is 8.59. The molecule has 0 saturated carbocycles. The van der Waals surface area contributed by atoms with Crippen LogP contribution in [-0.4, -0.2) is 11.7 Å². The summed E-state index contributed by atoms with van der Waals surface area (Å²) in [6, 6.07) is 25.6. The Morgan fingerprint density at radius 2 is 1.55 bits per heavy atom. The molecule has 2 N–H and O–H groups in total. The van der Waals surface area contributed by atoms with Gasteiger partial charge in [0.25, 0.3) is 5.91 Å². The SMILES string of the molecule is O=C(Nc1cc(Nc2ccc3c(c2)OCc2ccccc2C3=O)ccc1F)c1ccccc1. The van der Waals surface area contributed by atoms with E-state index in [9.17, 15) is 14.0 Å².